The molecule has 6 heteroatoms. The van der Waals surface area contributed by atoms with Gasteiger partial charge in [-0.25, -0.2) is 9.37 Å². The van der Waals surface area contributed by atoms with Crippen LogP contribution < -0.4 is 0 Å². The van der Waals surface area contributed by atoms with Crippen molar-refractivity contribution in [2.45, 2.75) is 25.8 Å². The van der Waals surface area contributed by atoms with Gasteiger partial charge in [0.1, 0.15) is 11.6 Å². The van der Waals surface area contributed by atoms with Crippen molar-refractivity contribution in [3.8, 4) is 0 Å². The normalized spacial score (nSPS) is 13.1. The van der Waals surface area contributed by atoms with Crippen LogP contribution in [-0.2, 0) is 6.42 Å². The highest BCUT2D eigenvalue weighted by atomic mass is 35.5. The molecular weight excluding hydrogens is 318 g/mol. The molecule has 2 aromatic rings. The second-order valence-electron chi connectivity index (χ2n) is 4.61. The predicted octanol–water partition coefficient (Wildman–Crippen LogP) is 4.92. The molecule has 1 aromatic heterocycles. The van der Waals surface area contributed by atoms with Crippen molar-refractivity contribution in [2.75, 3.05) is 17.9 Å². The number of rotatable bonds is 6. The van der Waals surface area contributed by atoms with Crippen LogP contribution in [0.2, 0.25) is 5.02 Å². The van der Waals surface area contributed by atoms with Crippen molar-refractivity contribution in [3.05, 3.63) is 28.8 Å². The smallest absolute Gasteiger partial charge is 0.144 e. The van der Waals surface area contributed by atoms with E-state index in [9.17, 15) is 4.39 Å². The fourth-order valence-electron chi connectivity index (χ4n) is 2.38. The molecule has 0 spiro atoms. The van der Waals surface area contributed by atoms with E-state index in [1.165, 1.54) is 6.07 Å². The third kappa shape index (κ3) is 3.07. The molecule has 110 valence electrons. The Morgan fingerprint density at radius 1 is 1.45 bits per heavy atom. The lowest BCUT2D eigenvalue weighted by atomic mass is 10.2. The molecule has 0 aliphatic heterocycles. The van der Waals surface area contributed by atoms with E-state index in [-0.39, 0.29) is 11.1 Å². The van der Waals surface area contributed by atoms with Crippen LogP contribution in [-0.4, -0.2) is 27.4 Å². The molecule has 0 saturated heterocycles. The highest BCUT2D eigenvalue weighted by Gasteiger charge is 2.19. The average Bonchev–Trinajstić information content (AvgIpc) is 2.74. The number of aryl methyl sites for hydroxylation is 1. The maximum absolute atomic E-state index is 13.8. The minimum Gasteiger partial charge on any atom is -0.324 e. The third-order valence-electron chi connectivity index (χ3n) is 3.32. The molecular formula is C14H17Cl2FN2S. The number of hydrogen-bond donors (Lipinski definition) is 0. The van der Waals surface area contributed by atoms with Crippen LogP contribution in [0, 0.1) is 5.82 Å². The van der Waals surface area contributed by atoms with Gasteiger partial charge in [0.05, 0.1) is 16.1 Å². The molecule has 0 N–H and O–H groups in total. The number of halogens is 3. The van der Waals surface area contributed by atoms with E-state index in [0.29, 0.717) is 12.3 Å². The van der Waals surface area contributed by atoms with Gasteiger partial charge < -0.3 is 4.57 Å². The Morgan fingerprint density at radius 2 is 2.20 bits per heavy atom. The molecule has 0 amide bonds. The molecule has 0 radical (unpaired) electrons. The number of nitrogens with zero attached hydrogens (tertiary/aromatic N) is 2. The third-order valence-corrected chi connectivity index (χ3v) is 4.51. The first-order valence-electron chi connectivity index (χ1n) is 6.53. The topological polar surface area (TPSA) is 17.8 Å². The molecule has 1 heterocycles. The van der Waals surface area contributed by atoms with E-state index < -0.39 is 5.82 Å². The Morgan fingerprint density at radius 3 is 2.80 bits per heavy atom. The predicted molar refractivity (Wildman–Crippen MR) is 86.8 cm³/mol. The summed E-state index contributed by atoms with van der Waals surface area (Å²) in [6.45, 7) is 2.13. The lowest BCUT2D eigenvalue weighted by Crippen LogP contribution is -2.14. The fraction of sp³-hybridized carbons (Fsp3) is 0.500. The van der Waals surface area contributed by atoms with E-state index in [0.717, 1.165) is 29.0 Å². The van der Waals surface area contributed by atoms with Gasteiger partial charge in [0.2, 0.25) is 0 Å². The van der Waals surface area contributed by atoms with Crippen molar-refractivity contribution < 1.29 is 4.39 Å². The summed E-state index contributed by atoms with van der Waals surface area (Å²) < 4.78 is 15.9. The van der Waals surface area contributed by atoms with Crippen LogP contribution in [0.15, 0.2) is 12.1 Å². The highest BCUT2D eigenvalue weighted by Crippen LogP contribution is 2.29. The molecule has 1 unspecified atom stereocenters. The molecule has 0 bridgehead atoms. The first-order chi connectivity index (χ1) is 9.62. The van der Waals surface area contributed by atoms with E-state index in [1.807, 2.05) is 0 Å². The van der Waals surface area contributed by atoms with Gasteiger partial charge in [-0.05, 0) is 18.7 Å². The Labute approximate surface area is 132 Å². The number of thioether (sulfide) groups is 1. The molecule has 0 aliphatic carbocycles. The number of imidazole rings is 1. The quantitative estimate of drug-likeness (QED) is 0.697. The Kier molecular flexibility index (Phi) is 5.58. The molecule has 0 aliphatic rings. The van der Waals surface area contributed by atoms with Gasteiger partial charge in [-0.2, -0.15) is 11.8 Å². The van der Waals surface area contributed by atoms with Crippen molar-refractivity contribution in [1.82, 2.24) is 9.55 Å². The van der Waals surface area contributed by atoms with Crippen LogP contribution in [0.4, 0.5) is 4.39 Å². The number of fused-ring (bicyclic) bond motifs is 1. The van der Waals surface area contributed by atoms with Gasteiger partial charge in [0, 0.05) is 30.2 Å². The lowest BCUT2D eigenvalue weighted by molar-refractivity contribution is 0.532. The van der Waals surface area contributed by atoms with E-state index >= 15 is 0 Å². The number of alkyl halides is 1. The first-order valence-corrected chi connectivity index (χ1v) is 8.83. The Balaban J connectivity index is 2.63. The zero-order chi connectivity index (χ0) is 14.7. The highest BCUT2D eigenvalue weighted by molar-refractivity contribution is 7.98. The fourth-order valence-corrected chi connectivity index (χ4v) is 3.47. The molecule has 0 saturated carbocycles. The monoisotopic (exact) mass is 334 g/mol. The summed E-state index contributed by atoms with van der Waals surface area (Å²) in [6, 6.07) is 3.35. The maximum Gasteiger partial charge on any atom is 0.144 e. The van der Waals surface area contributed by atoms with Crippen LogP contribution >= 0.6 is 35.0 Å². The molecule has 0 fully saturated rings. The van der Waals surface area contributed by atoms with Crippen molar-refractivity contribution >= 4 is 46.0 Å². The zero-order valence-electron chi connectivity index (χ0n) is 11.5. The summed E-state index contributed by atoms with van der Waals surface area (Å²) in [5.74, 6) is 1.95. The Bertz CT molecular complexity index is 600. The largest absolute Gasteiger partial charge is 0.324 e. The van der Waals surface area contributed by atoms with Crippen LogP contribution in [0.1, 0.15) is 25.2 Å². The van der Waals surface area contributed by atoms with Gasteiger partial charge in [0.25, 0.3) is 0 Å². The van der Waals surface area contributed by atoms with Gasteiger partial charge in [-0.1, -0.05) is 18.5 Å². The van der Waals surface area contributed by atoms with Gasteiger partial charge in [-0.15, -0.1) is 11.6 Å². The van der Waals surface area contributed by atoms with Crippen LogP contribution in [0.5, 0.6) is 0 Å². The standard InChI is InChI=1S/C14H17Cl2FN2S/c1-3-9(8-20-2)19-13-7-11(17)10(16)6-12(13)18-14(19)4-5-15/h6-7,9H,3-5,8H2,1-2H3. The summed E-state index contributed by atoms with van der Waals surface area (Å²) in [6.07, 6.45) is 3.70. The summed E-state index contributed by atoms with van der Waals surface area (Å²) in [7, 11) is 0. The molecule has 20 heavy (non-hydrogen) atoms. The minimum absolute atomic E-state index is 0.109. The second kappa shape index (κ2) is 7.01. The second-order valence-corrected chi connectivity index (χ2v) is 6.31. The number of aromatic nitrogens is 2. The number of hydrogen-bond acceptors (Lipinski definition) is 2. The first kappa shape index (κ1) is 15.9. The van der Waals surface area contributed by atoms with Gasteiger partial charge in [-0.3, -0.25) is 0 Å². The van der Waals surface area contributed by atoms with E-state index in [1.54, 1.807) is 17.8 Å². The van der Waals surface area contributed by atoms with Crippen molar-refractivity contribution in [3.63, 3.8) is 0 Å². The summed E-state index contributed by atoms with van der Waals surface area (Å²) in [4.78, 5) is 4.57. The average molecular weight is 335 g/mol. The van der Waals surface area contributed by atoms with Crippen molar-refractivity contribution in [1.29, 1.82) is 0 Å². The molecule has 2 rings (SSSR count). The summed E-state index contributed by atoms with van der Waals surface area (Å²) in [5.41, 5.74) is 1.53. The van der Waals surface area contributed by atoms with Crippen molar-refractivity contribution in [2.24, 2.45) is 0 Å². The van der Waals surface area contributed by atoms with Crippen LogP contribution in [0.25, 0.3) is 11.0 Å². The Hall–Kier alpha value is -0.450. The zero-order valence-corrected chi connectivity index (χ0v) is 13.8. The van der Waals surface area contributed by atoms with Crippen LogP contribution in [0.3, 0.4) is 0 Å². The number of benzene rings is 1. The summed E-state index contributed by atoms with van der Waals surface area (Å²) in [5, 5.41) is 0.109. The molecule has 2 nitrogen and oxygen atoms in total. The molecule has 1 aromatic carbocycles. The van der Waals surface area contributed by atoms with Gasteiger partial charge in [0.15, 0.2) is 0 Å². The summed E-state index contributed by atoms with van der Waals surface area (Å²) >= 11 is 13.5. The maximum atomic E-state index is 13.8. The minimum atomic E-state index is -0.406. The van der Waals surface area contributed by atoms with E-state index in [2.05, 4.69) is 22.7 Å². The van der Waals surface area contributed by atoms with E-state index in [4.69, 9.17) is 23.2 Å². The van der Waals surface area contributed by atoms with Gasteiger partial charge >= 0.3 is 0 Å². The molecule has 1 atom stereocenters. The lowest BCUT2D eigenvalue weighted by Gasteiger charge is -2.19. The SMILES string of the molecule is CCC(CSC)n1c(CCCl)nc2cc(Cl)c(F)cc21.